The third-order valence-electron chi connectivity index (χ3n) is 5.88. The SMILES string of the molecule is CCCCN(CCCC)c1cccc(-c2ccccc2)c1.Nc1cccc(-c2ccccc2)c1. The molecule has 4 aromatic carbocycles. The second kappa shape index (κ2) is 13.9. The van der Waals surface area contributed by atoms with Crippen LogP contribution in [0.25, 0.3) is 22.3 Å². The van der Waals surface area contributed by atoms with Gasteiger partial charge < -0.3 is 10.6 Å². The van der Waals surface area contributed by atoms with Crippen molar-refractivity contribution in [2.75, 3.05) is 23.7 Å². The molecule has 0 aliphatic heterocycles. The highest BCUT2D eigenvalue weighted by atomic mass is 15.1. The van der Waals surface area contributed by atoms with Crippen molar-refractivity contribution in [1.82, 2.24) is 0 Å². The van der Waals surface area contributed by atoms with Gasteiger partial charge in [-0.05, 0) is 59.4 Å². The Kier molecular flexibility index (Phi) is 10.3. The van der Waals surface area contributed by atoms with Gasteiger partial charge >= 0.3 is 0 Å². The minimum atomic E-state index is 0.807. The second-order valence-electron chi connectivity index (χ2n) is 8.60. The maximum Gasteiger partial charge on any atom is 0.0372 e. The smallest absolute Gasteiger partial charge is 0.0372 e. The molecule has 2 heteroatoms. The highest BCUT2D eigenvalue weighted by Gasteiger charge is 2.07. The molecule has 0 bridgehead atoms. The first-order chi connectivity index (χ1) is 16.7. The molecule has 176 valence electrons. The van der Waals surface area contributed by atoms with Gasteiger partial charge in [-0.3, -0.25) is 0 Å². The summed E-state index contributed by atoms with van der Waals surface area (Å²) in [5.41, 5.74) is 12.8. The van der Waals surface area contributed by atoms with Crippen molar-refractivity contribution in [2.45, 2.75) is 39.5 Å². The van der Waals surface area contributed by atoms with Gasteiger partial charge in [0.25, 0.3) is 0 Å². The summed E-state index contributed by atoms with van der Waals surface area (Å²) in [7, 11) is 0. The van der Waals surface area contributed by atoms with Gasteiger partial charge in [0.1, 0.15) is 0 Å². The number of nitrogens with zero attached hydrogens (tertiary/aromatic N) is 1. The third kappa shape index (κ3) is 7.81. The van der Waals surface area contributed by atoms with Gasteiger partial charge in [-0.2, -0.15) is 0 Å². The highest BCUT2D eigenvalue weighted by Crippen LogP contribution is 2.25. The number of hydrogen-bond donors (Lipinski definition) is 1. The third-order valence-corrected chi connectivity index (χ3v) is 5.88. The predicted molar refractivity (Wildman–Crippen MR) is 150 cm³/mol. The first-order valence-electron chi connectivity index (χ1n) is 12.5. The van der Waals surface area contributed by atoms with Crippen LogP contribution >= 0.6 is 0 Å². The number of nitrogen functional groups attached to an aromatic ring is 1. The number of anilines is 2. The van der Waals surface area contributed by atoms with Crippen LogP contribution < -0.4 is 10.6 Å². The van der Waals surface area contributed by atoms with E-state index in [-0.39, 0.29) is 0 Å². The molecule has 2 N–H and O–H groups in total. The molecule has 0 heterocycles. The maximum atomic E-state index is 5.70. The Labute approximate surface area is 206 Å². The Bertz CT molecular complexity index is 1080. The molecule has 0 fully saturated rings. The molecule has 0 radical (unpaired) electrons. The summed E-state index contributed by atoms with van der Waals surface area (Å²) in [4.78, 5) is 2.54. The van der Waals surface area contributed by atoms with Crippen molar-refractivity contribution < 1.29 is 0 Å². The number of unbranched alkanes of at least 4 members (excludes halogenated alkanes) is 2. The van der Waals surface area contributed by atoms with Crippen LogP contribution in [0.3, 0.4) is 0 Å². The fourth-order valence-electron chi connectivity index (χ4n) is 3.93. The zero-order chi connectivity index (χ0) is 24.0. The molecule has 2 nitrogen and oxygen atoms in total. The van der Waals surface area contributed by atoms with Crippen LogP contribution in [0, 0.1) is 0 Å². The maximum absolute atomic E-state index is 5.70. The molecule has 0 atom stereocenters. The number of benzene rings is 4. The van der Waals surface area contributed by atoms with E-state index in [2.05, 4.69) is 91.5 Å². The molecule has 0 unspecified atom stereocenters. The van der Waals surface area contributed by atoms with E-state index < -0.39 is 0 Å². The van der Waals surface area contributed by atoms with Crippen molar-refractivity contribution in [3.05, 3.63) is 109 Å². The van der Waals surface area contributed by atoms with Gasteiger partial charge in [-0.15, -0.1) is 0 Å². The zero-order valence-corrected chi connectivity index (χ0v) is 20.7. The van der Waals surface area contributed by atoms with Crippen molar-refractivity contribution in [2.24, 2.45) is 0 Å². The molecule has 34 heavy (non-hydrogen) atoms. The molecule has 0 saturated carbocycles. The van der Waals surface area contributed by atoms with Crippen molar-refractivity contribution >= 4 is 11.4 Å². The van der Waals surface area contributed by atoms with E-state index in [1.165, 1.54) is 53.6 Å². The van der Waals surface area contributed by atoms with E-state index in [4.69, 9.17) is 5.73 Å². The quantitative estimate of drug-likeness (QED) is 0.258. The molecule has 0 aliphatic rings. The Morgan fingerprint density at radius 2 is 1.00 bits per heavy atom. The van der Waals surface area contributed by atoms with Crippen molar-refractivity contribution in [3.63, 3.8) is 0 Å². The van der Waals surface area contributed by atoms with Crippen LogP contribution in [0.2, 0.25) is 0 Å². The van der Waals surface area contributed by atoms with Gasteiger partial charge in [0.2, 0.25) is 0 Å². The Balaban J connectivity index is 0.000000212. The van der Waals surface area contributed by atoms with Gasteiger partial charge in [-0.25, -0.2) is 0 Å². The average Bonchev–Trinajstić information content (AvgIpc) is 2.90. The Morgan fingerprint density at radius 3 is 1.50 bits per heavy atom. The van der Waals surface area contributed by atoms with E-state index in [1.807, 2.05) is 36.4 Å². The summed E-state index contributed by atoms with van der Waals surface area (Å²) < 4.78 is 0. The fourth-order valence-corrected chi connectivity index (χ4v) is 3.93. The molecule has 0 aliphatic carbocycles. The summed E-state index contributed by atoms with van der Waals surface area (Å²) in [6.45, 7) is 6.85. The standard InChI is InChI=1S/C20H27N.C12H11N/c1-3-5-15-21(16-6-4-2)20-14-10-13-19(17-20)18-11-8-7-9-12-18;13-12-8-4-7-11(9-12)10-5-2-1-3-6-10/h7-14,17H,3-6,15-16H2,1-2H3;1-9H,13H2. The van der Waals surface area contributed by atoms with Gasteiger partial charge in [0, 0.05) is 24.5 Å². The summed E-state index contributed by atoms with van der Waals surface area (Å²) in [6, 6.07) is 37.7. The van der Waals surface area contributed by atoms with Crippen LogP contribution in [0.1, 0.15) is 39.5 Å². The van der Waals surface area contributed by atoms with Crippen LogP contribution in [0.5, 0.6) is 0 Å². The Morgan fingerprint density at radius 1 is 0.529 bits per heavy atom. The minimum Gasteiger partial charge on any atom is -0.399 e. The summed E-state index contributed by atoms with van der Waals surface area (Å²) in [5, 5.41) is 0. The zero-order valence-electron chi connectivity index (χ0n) is 20.7. The lowest BCUT2D eigenvalue weighted by Crippen LogP contribution is -2.25. The number of nitrogens with two attached hydrogens (primary N) is 1. The molecule has 0 aromatic heterocycles. The first-order valence-corrected chi connectivity index (χ1v) is 12.5. The van der Waals surface area contributed by atoms with Crippen LogP contribution in [-0.2, 0) is 0 Å². The summed E-state index contributed by atoms with van der Waals surface area (Å²) >= 11 is 0. The Hall–Kier alpha value is -3.52. The molecular weight excluding hydrogens is 412 g/mol. The lowest BCUT2D eigenvalue weighted by atomic mass is 10.0. The van der Waals surface area contributed by atoms with Gasteiger partial charge in [-0.1, -0.05) is 112 Å². The van der Waals surface area contributed by atoms with E-state index in [9.17, 15) is 0 Å². The molecule has 0 saturated heterocycles. The van der Waals surface area contributed by atoms with Crippen molar-refractivity contribution in [1.29, 1.82) is 0 Å². The van der Waals surface area contributed by atoms with Crippen LogP contribution in [0.15, 0.2) is 109 Å². The average molecular weight is 451 g/mol. The lowest BCUT2D eigenvalue weighted by molar-refractivity contribution is 0.678. The van der Waals surface area contributed by atoms with E-state index in [1.54, 1.807) is 0 Å². The van der Waals surface area contributed by atoms with Gasteiger partial charge in [0.15, 0.2) is 0 Å². The van der Waals surface area contributed by atoms with Gasteiger partial charge in [0.05, 0.1) is 0 Å². The largest absolute Gasteiger partial charge is 0.399 e. The predicted octanol–water partition coefficient (Wildman–Crippen LogP) is 8.70. The first kappa shape index (κ1) is 25.1. The van der Waals surface area contributed by atoms with Crippen LogP contribution in [0.4, 0.5) is 11.4 Å². The van der Waals surface area contributed by atoms with Crippen molar-refractivity contribution in [3.8, 4) is 22.3 Å². The topological polar surface area (TPSA) is 29.3 Å². The number of rotatable bonds is 9. The van der Waals surface area contributed by atoms with E-state index in [0.717, 1.165) is 18.8 Å². The lowest BCUT2D eigenvalue weighted by Gasteiger charge is -2.25. The monoisotopic (exact) mass is 450 g/mol. The minimum absolute atomic E-state index is 0.807. The number of hydrogen-bond acceptors (Lipinski definition) is 2. The molecular formula is C32H38N2. The van der Waals surface area contributed by atoms with E-state index >= 15 is 0 Å². The highest BCUT2D eigenvalue weighted by molar-refractivity contribution is 5.69. The molecule has 4 aromatic rings. The molecule has 0 spiro atoms. The second-order valence-corrected chi connectivity index (χ2v) is 8.60. The summed E-state index contributed by atoms with van der Waals surface area (Å²) in [6.07, 6.45) is 5.03. The molecule has 4 rings (SSSR count). The fraction of sp³-hybridized carbons (Fsp3) is 0.250. The van der Waals surface area contributed by atoms with E-state index in [0.29, 0.717) is 0 Å². The summed E-state index contributed by atoms with van der Waals surface area (Å²) in [5.74, 6) is 0. The molecule has 0 amide bonds. The van der Waals surface area contributed by atoms with Crippen LogP contribution in [-0.4, -0.2) is 13.1 Å². The normalized spacial score (nSPS) is 10.3.